The van der Waals surface area contributed by atoms with E-state index in [-0.39, 0.29) is 0 Å². The van der Waals surface area contributed by atoms with E-state index >= 15 is 0 Å². The normalized spacial score (nSPS) is 16.4. The van der Waals surface area contributed by atoms with Crippen molar-refractivity contribution in [2.45, 2.75) is 25.8 Å². The highest BCUT2D eigenvalue weighted by molar-refractivity contribution is 5.04. The number of hydrogen-bond donors (Lipinski definition) is 1. The van der Waals surface area contributed by atoms with Gasteiger partial charge in [-0.3, -0.25) is 0 Å². The molecule has 2 heterocycles. The van der Waals surface area contributed by atoms with Crippen LogP contribution in [0.1, 0.15) is 25.0 Å². The van der Waals surface area contributed by atoms with E-state index < -0.39 is 0 Å². The molecule has 1 fully saturated rings. The zero-order chi connectivity index (χ0) is 11.9. The molecule has 0 amide bonds. The summed E-state index contributed by atoms with van der Waals surface area (Å²) in [5.74, 6) is 0. The second-order valence-corrected chi connectivity index (χ2v) is 4.41. The van der Waals surface area contributed by atoms with Crippen LogP contribution in [0.3, 0.4) is 0 Å². The second kappa shape index (κ2) is 6.61. The van der Waals surface area contributed by atoms with E-state index in [0.717, 1.165) is 32.8 Å². The van der Waals surface area contributed by atoms with Crippen molar-refractivity contribution >= 4 is 0 Å². The lowest BCUT2D eigenvalue weighted by atomic mass is 10.2. The number of nitrogens with one attached hydrogen (secondary N) is 1. The first-order valence-corrected chi connectivity index (χ1v) is 6.38. The van der Waals surface area contributed by atoms with Crippen LogP contribution in [0, 0.1) is 0 Å². The van der Waals surface area contributed by atoms with E-state index in [1.165, 1.54) is 25.0 Å². The standard InChI is InChI=1S/C12H22N4O/c1-17-8-5-13-9-12-10-14-11-16(12)15-6-3-2-4-7-15/h10-11,13H,2-9H2,1H3. The number of piperidine rings is 1. The van der Waals surface area contributed by atoms with Crippen LogP contribution < -0.4 is 10.3 Å². The van der Waals surface area contributed by atoms with Gasteiger partial charge in [-0.15, -0.1) is 0 Å². The summed E-state index contributed by atoms with van der Waals surface area (Å²) >= 11 is 0. The summed E-state index contributed by atoms with van der Waals surface area (Å²) in [6.07, 6.45) is 7.78. The molecule has 1 aromatic rings. The van der Waals surface area contributed by atoms with Gasteiger partial charge in [0.15, 0.2) is 0 Å². The predicted molar refractivity (Wildman–Crippen MR) is 67.6 cm³/mol. The van der Waals surface area contributed by atoms with Gasteiger partial charge in [0.05, 0.1) is 18.5 Å². The van der Waals surface area contributed by atoms with Crippen LogP contribution in [-0.4, -0.2) is 43.0 Å². The fraction of sp³-hybridized carbons (Fsp3) is 0.750. The lowest BCUT2D eigenvalue weighted by Gasteiger charge is -2.30. The van der Waals surface area contributed by atoms with Gasteiger partial charge in [-0.05, 0) is 19.3 Å². The van der Waals surface area contributed by atoms with Crippen LogP contribution in [0.2, 0.25) is 0 Å². The molecule has 0 spiro atoms. The van der Waals surface area contributed by atoms with Crippen molar-refractivity contribution in [1.29, 1.82) is 0 Å². The molecule has 0 unspecified atom stereocenters. The quantitative estimate of drug-likeness (QED) is 0.742. The summed E-state index contributed by atoms with van der Waals surface area (Å²) in [6, 6.07) is 0. The SMILES string of the molecule is COCCNCc1cncn1N1CCCCC1. The average Bonchev–Trinajstić information content (AvgIpc) is 2.84. The monoisotopic (exact) mass is 238 g/mol. The van der Waals surface area contributed by atoms with Gasteiger partial charge in [0, 0.05) is 33.3 Å². The molecule has 0 radical (unpaired) electrons. The Balaban J connectivity index is 1.87. The summed E-state index contributed by atoms with van der Waals surface area (Å²) in [4.78, 5) is 4.25. The van der Waals surface area contributed by atoms with Crippen molar-refractivity contribution in [2.75, 3.05) is 38.4 Å². The van der Waals surface area contributed by atoms with Crippen LogP contribution in [-0.2, 0) is 11.3 Å². The lowest BCUT2D eigenvalue weighted by molar-refractivity contribution is 0.199. The number of aromatic nitrogens is 2. The van der Waals surface area contributed by atoms with Gasteiger partial charge in [0.1, 0.15) is 6.33 Å². The van der Waals surface area contributed by atoms with Crippen LogP contribution >= 0.6 is 0 Å². The molecule has 0 atom stereocenters. The molecule has 96 valence electrons. The molecule has 0 saturated carbocycles. The summed E-state index contributed by atoms with van der Waals surface area (Å²) < 4.78 is 7.21. The Morgan fingerprint density at radius 3 is 2.94 bits per heavy atom. The Morgan fingerprint density at radius 2 is 2.18 bits per heavy atom. The molecular weight excluding hydrogens is 216 g/mol. The smallest absolute Gasteiger partial charge is 0.114 e. The zero-order valence-electron chi connectivity index (χ0n) is 10.6. The zero-order valence-corrected chi connectivity index (χ0v) is 10.6. The molecule has 1 saturated heterocycles. The molecule has 5 nitrogen and oxygen atoms in total. The Labute approximate surface area is 103 Å². The average molecular weight is 238 g/mol. The van der Waals surface area contributed by atoms with Gasteiger partial charge in [-0.25, -0.2) is 9.66 Å². The first-order chi connectivity index (χ1) is 8.42. The van der Waals surface area contributed by atoms with E-state index in [0.29, 0.717) is 0 Å². The number of ether oxygens (including phenoxy) is 1. The minimum atomic E-state index is 0.748. The number of hydrogen-bond acceptors (Lipinski definition) is 4. The molecule has 1 aliphatic rings. The molecule has 5 heteroatoms. The molecule has 17 heavy (non-hydrogen) atoms. The molecule has 0 aromatic carbocycles. The third-order valence-corrected chi connectivity index (χ3v) is 3.12. The lowest BCUT2D eigenvalue weighted by Crippen LogP contribution is -2.40. The fourth-order valence-electron chi connectivity index (χ4n) is 2.18. The summed E-state index contributed by atoms with van der Waals surface area (Å²) in [7, 11) is 1.72. The van der Waals surface area contributed by atoms with Crippen LogP contribution in [0.25, 0.3) is 0 Å². The largest absolute Gasteiger partial charge is 0.383 e. The van der Waals surface area contributed by atoms with Gasteiger partial charge >= 0.3 is 0 Å². The third kappa shape index (κ3) is 3.44. The minimum absolute atomic E-state index is 0.748. The minimum Gasteiger partial charge on any atom is -0.383 e. The maximum atomic E-state index is 5.01. The maximum absolute atomic E-state index is 5.01. The Bertz CT molecular complexity index is 320. The Kier molecular flexibility index (Phi) is 4.82. The third-order valence-electron chi connectivity index (χ3n) is 3.12. The summed E-state index contributed by atoms with van der Waals surface area (Å²) in [6.45, 7) is 4.75. The van der Waals surface area contributed by atoms with Crippen molar-refractivity contribution < 1.29 is 4.74 Å². The van der Waals surface area contributed by atoms with E-state index in [9.17, 15) is 0 Å². The van der Waals surface area contributed by atoms with Crippen LogP contribution in [0.5, 0.6) is 0 Å². The predicted octanol–water partition coefficient (Wildman–Crippen LogP) is 0.741. The van der Waals surface area contributed by atoms with Gasteiger partial charge in [0.25, 0.3) is 0 Å². The number of rotatable bonds is 6. The fourth-order valence-corrected chi connectivity index (χ4v) is 2.18. The van der Waals surface area contributed by atoms with Crippen LogP contribution in [0.15, 0.2) is 12.5 Å². The summed E-state index contributed by atoms with van der Waals surface area (Å²) in [5, 5.41) is 5.73. The van der Waals surface area contributed by atoms with E-state index in [2.05, 4.69) is 20.0 Å². The Morgan fingerprint density at radius 1 is 1.35 bits per heavy atom. The maximum Gasteiger partial charge on any atom is 0.114 e. The highest BCUT2D eigenvalue weighted by Crippen LogP contribution is 2.10. The molecule has 1 aliphatic heterocycles. The van der Waals surface area contributed by atoms with E-state index in [1.54, 1.807) is 7.11 Å². The topological polar surface area (TPSA) is 42.3 Å². The first-order valence-electron chi connectivity index (χ1n) is 6.38. The van der Waals surface area contributed by atoms with Crippen molar-refractivity contribution in [2.24, 2.45) is 0 Å². The first kappa shape index (κ1) is 12.4. The van der Waals surface area contributed by atoms with Crippen molar-refractivity contribution in [3.63, 3.8) is 0 Å². The second-order valence-electron chi connectivity index (χ2n) is 4.41. The van der Waals surface area contributed by atoms with E-state index in [1.807, 2.05) is 12.5 Å². The van der Waals surface area contributed by atoms with Crippen molar-refractivity contribution in [3.8, 4) is 0 Å². The van der Waals surface area contributed by atoms with Gasteiger partial charge in [0.2, 0.25) is 0 Å². The highest BCUT2D eigenvalue weighted by atomic mass is 16.5. The van der Waals surface area contributed by atoms with Crippen LogP contribution in [0.4, 0.5) is 0 Å². The molecule has 1 aromatic heterocycles. The molecule has 0 aliphatic carbocycles. The van der Waals surface area contributed by atoms with Crippen molar-refractivity contribution in [1.82, 2.24) is 15.0 Å². The molecular formula is C12H22N4O. The number of methoxy groups -OCH3 is 1. The molecule has 1 N–H and O–H groups in total. The van der Waals surface area contributed by atoms with Gasteiger partial charge in [-0.1, -0.05) is 0 Å². The molecule has 2 rings (SSSR count). The number of nitrogens with zero attached hydrogens (tertiary/aromatic N) is 3. The van der Waals surface area contributed by atoms with Gasteiger partial charge in [-0.2, -0.15) is 0 Å². The van der Waals surface area contributed by atoms with Crippen molar-refractivity contribution in [3.05, 3.63) is 18.2 Å². The number of imidazole rings is 1. The van der Waals surface area contributed by atoms with Gasteiger partial charge < -0.3 is 15.1 Å². The molecule has 0 bridgehead atoms. The Hall–Kier alpha value is -1.07. The highest BCUT2D eigenvalue weighted by Gasteiger charge is 2.12. The van der Waals surface area contributed by atoms with E-state index in [4.69, 9.17) is 4.74 Å². The summed E-state index contributed by atoms with van der Waals surface area (Å²) in [5.41, 5.74) is 1.23.